The van der Waals surface area contributed by atoms with Crippen molar-refractivity contribution in [2.75, 3.05) is 11.5 Å². The minimum absolute atomic E-state index is 0.0412. The van der Waals surface area contributed by atoms with Gasteiger partial charge in [-0.05, 0) is 47.5 Å². The van der Waals surface area contributed by atoms with Crippen LogP contribution in [-0.2, 0) is 9.59 Å². The number of amides is 2. The third kappa shape index (κ3) is 8.47. The lowest BCUT2D eigenvalue weighted by atomic mass is 10.2. The van der Waals surface area contributed by atoms with Gasteiger partial charge in [0.25, 0.3) is 11.8 Å². The Hall–Kier alpha value is -3.82. The lowest BCUT2D eigenvalue weighted by molar-refractivity contribution is -0.119. The van der Waals surface area contributed by atoms with Crippen LogP contribution in [-0.4, -0.2) is 66.4 Å². The Morgan fingerprint density at radius 3 is 1.60 bits per heavy atom. The van der Waals surface area contributed by atoms with Gasteiger partial charge in [0.1, 0.15) is 0 Å². The normalized spacial score (nSPS) is 11.2. The second kappa shape index (κ2) is 12.6. The number of phenolic OH excluding ortho intramolecular Hbond substituents is 4. The summed E-state index contributed by atoms with van der Waals surface area (Å²) in [7, 11) is 0. The van der Waals surface area contributed by atoms with Gasteiger partial charge in [0.2, 0.25) is 0 Å². The van der Waals surface area contributed by atoms with E-state index in [0.29, 0.717) is 19.8 Å². The summed E-state index contributed by atoms with van der Waals surface area (Å²) in [5, 5.41) is 52.9. The van der Waals surface area contributed by atoms with Crippen LogP contribution in [0.15, 0.2) is 55.3 Å². The summed E-state index contributed by atoms with van der Waals surface area (Å²) >= 11 is 3.54. The second-order valence-electron chi connectivity index (χ2n) is 6.49. The van der Waals surface area contributed by atoms with Crippen LogP contribution in [0.4, 0.5) is 0 Å². The molecule has 0 radical (unpaired) electrons. The minimum Gasteiger partial charge on any atom is -0.504 e. The number of carbonyl (C=O) groups excluding carboxylic acids is 2. The summed E-state index contributed by atoms with van der Waals surface area (Å²) < 4.78 is 1.08. The molecule has 3 aromatic rings. The van der Waals surface area contributed by atoms with E-state index in [1.807, 2.05) is 0 Å². The summed E-state index contributed by atoms with van der Waals surface area (Å²) in [6.07, 6.45) is 2.65. The highest BCUT2D eigenvalue weighted by Crippen LogP contribution is 2.28. The molecule has 0 fully saturated rings. The van der Waals surface area contributed by atoms with Gasteiger partial charge >= 0.3 is 0 Å². The maximum Gasteiger partial charge on any atom is 0.250 e. The number of hydrogen-bond acceptors (Lipinski definition) is 13. The molecule has 0 aliphatic rings. The average Bonchev–Trinajstić information content (AvgIpc) is 3.29. The Morgan fingerprint density at radius 1 is 0.771 bits per heavy atom. The molecule has 2 amide bonds. The first-order valence-corrected chi connectivity index (χ1v) is 12.4. The van der Waals surface area contributed by atoms with Gasteiger partial charge in [-0.3, -0.25) is 9.59 Å². The summed E-state index contributed by atoms with van der Waals surface area (Å²) in [4.78, 5) is 23.8. The molecule has 0 aliphatic carbocycles. The highest BCUT2D eigenvalue weighted by atomic mass is 32.2. The van der Waals surface area contributed by atoms with Crippen molar-refractivity contribution in [1.29, 1.82) is 0 Å². The Morgan fingerprint density at radius 2 is 1.20 bits per heavy atom. The summed E-state index contributed by atoms with van der Waals surface area (Å²) in [6.45, 7) is 0. The molecule has 1 heterocycles. The number of benzene rings is 2. The Kier molecular flexibility index (Phi) is 9.28. The number of aromatic hydroxyl groups is 4. The van der Waals surface area contributed by atoms with Crippen LogP contribution in [0.3, 0.4) is 0 Å². The van der Waals surface area contributed by atoms with Crippen LogP contribution < -0.4 is 10.9 Å². The van der Waals surface area contributed by atoms with Crippen molar-refractivity contribution in [2.24, 2.45) is 10.2 Å². The van der Waals surface area contributed by atoms with E-state index in [1.165, 1.54) is 60.2 Å². The van der Waals surface area contributed by atoms with Crippen LogP contribution in [0.5, 0.6) is 23.0 Å². The Balaban J connectivity index is 1.36. The van der Waals surface area contributed by atoms with Gasteiger partial charge in [0, 0.05) is 0 Å². The van der Waals surface area contributed by atoms with Gasteiger partial charge in [0.15, 0.2) is 31.7 Å². The standard InChI is InChI=1S/C20H18N6O6S3/c27-13-3-1-11(5-15(13)29)7-21-23-17(31)9-33-19-25-26-20(35-19)34-10-18(32)24-22-8-12-2-4-14(28)16(30)6-12/h1-8,27-30H,9-10H2,(H,23,31)(H,24,32). The topological polar surface area (TPSA) is 190 Å². The first-order valence-electron chi connectivity index (χ1n) is 9.57. The quantitative estimate of drug-likeness (QED) is 0.0968. The van der Waals surface area contributed by atoms with E-state index in [4.69, 9.17) is 0 Å². The highest BCUT2D eigenvalue weighted by Gasteiger charge is 2.10. The van der Waals surface area contributed by atoms with E-state index in [9.17, 15) is 30.0 Å². The van der Waals surface area contributed by atoms with Crippen LogP contribution in [0.1, 0.15) is 11.1 Å². The zero-order valence-corrected chi connectivity index (χ0v) is 20.1. The van der Waals surface area contributed by atoms with Gasteiger partial charge in [-0.1, -0.05) is 34.9 Å². The molecule has 2 aromatic carbocycles. The number of carbonyl (C=O) groups is 2. The predicted octanol–water partition coefficient (Wildman–Crippen LogP) is 1.85. The van der Waals surface area contributed by atoms with Crippen molar-refractivity contribution >= 4 is 59.1 Å². The SMILES string of the molecule is O=C(CSc1nnc(SCC(=O)NN=Cc2ccc(O)c(O)c2)s1)NN=Cc1ccc(O)c(O)c1. The number of phenols is 4. The van der Waals surface area contributed by atoms with E-state index in [1.54, 1.807) is 0 Å². The zero-order chi connectivity index (χ0) is 25.2. The van der Waals surface area contributed by atoms with Crippen LogP contribution in [0, 0.1) is 0 Å². The van der Waals surface area contributed by atoms with Crippen molar-refractivity contribution in [3.05, 3.63) is 47.5 Å². The summed E-state index contributed by atoms with van der Waals surface area (Å²) in [5.74, 6) is -1.75. The molecule has 0 bridgehead atoms. The third-order valence-corrected chi connectivity index (χ3v) is 7.04. The molecule has 3 rings (SSSR count). The number of hydrogen-bond donors (Lipinski definition) is 6. The maximum absolute atomic E-state index is 11.9. The van der Waals surface area contributed by atoms with Crippen molar-refractivity contribution in [2.45, 2.75) is 8.68 Å². The fourth-order valence-corrected chi connectivity index (χ4v) is 4.84. The Labute approximate surface area is 210 Å². The minimum atomic E-state index is -0.377. The van der Waals surface area contributed by atoms with Crippen LogP contribution >= 0.6 is 34.9 Å². The van der Waals surface area contributed by atoms with Crippen molar-refractivity contribution in [3.8, 4) is 23.0 Å². The van der Waals surface area contributed by atoms with Crippen molar-refractivity contribution in [3.63, 3.8) is 0 Å². The number of nitrogens with zero attached hydrogens (tertiary/aromatic N) is 4. The third-order valence-electron chi connectivity index (χ3n) is 3.85. The van der Waals surface area contributed by atoms with E-state index >= 15 is 0 Å². The molecule has 0 spiro atoms. The first-order chi connectivity index (χ1) is 16.8. The average molecular weight is 535 g/mol. The number of aromatic nitrogens is 2. The van der Waals surface area contributed by atoms with Crippen molar-refractivity contribution in [1.82, 2.24) is 21.0 Å². The molecule has 0 aliphatic heterocycles. The van der Waals surface area contributed by atoms with Gasteiger partial charge in [0.05, 0.1) is 23.9 Å². The van der Waals surface area contributed by atoms with E-state index < -0.39 is 0 Å². The number of hydrazone groups is 2. The molecule has 0 atom stereocenters. The molecule has 182 valence electrons. The molecule has 0 saturated carbocycles. The lowest BCUT2D eigenvalue weighted by Crippen LogP contribution is -2.19. The second-order valence-corrected chi connectivity index (χ2v) is 9.92. The molecular formula is C20H18N6O6S3. The van der Waals surface area contributed by atoms with Gasteiger partial charge < -0.3 is 20.4 Å². The number of thioether (sulfide) groups is 2. The van der Waals surface area contributed by atoms with Crippen molar-refractivity contribution < 1.29 is 30.0 Å². The molecule has 35 heavy (non-hydrogen) atoms. The largest absolute Gasteiger partial charge is 0.504 e. The van der Waals surface area contributed by atoms with E-state index in [2.05, 4.69) is 31.3 Å². The molecule has 0 unspecified atom stereocenters. The van der Waals surface area contributed by atoms with Crippen LogP contribution in [0.2, 0.25) is 0 Å². The molecule has 1 aromatic heterocycles. The lowest BCUT2D eigenvalue weighted by Gasteiger charge is -1.99. The fraction of sp³-hybridized carbons (Fsp3) is 0.100. The summed E-state index contributed by atoms with van der Waals surface area (Å²) in [6, 6.07) is 8.26. The number of rotatable bonds is 10. The first kappa shape index (κ1) is 25.8. The van der Waals surface area contributed by atoms with Gasteiger partial charge in [-0.15, -0.1) is 10.2 Å². The monoisotopic (exact) mass is 534 g/mol. The Bertz CT molecular complexity index is 1170. The van der Waals surface area contributed by atoms with E-state index in [-0.39, 0.29) is 46.3 Å². The maximum atomic E-state index is 11.9. The molecular weight excluding hydrogens is 516 g/mol. The number of nitrogens with one attached hydrogen (secondary N) is 2. The highest BCUT2D eigenvalue weighted by molar-refractivity contribution is 8.03. The van der Waals surface area contributed by atoms with Crippen LogP contribution in [0.25, 0.3) is 0 Å². The molecule has 15 heteroatoms. The smallest absolute Gasteiger partial charge is 0.250 e. The van der Waals surface area contributed by atoms with E-state index in [0.717, 1.165) is 23.5 Å². The predicted molar refractivity (Wildman–Crippen MR) is 132 cm³/mol. The zero-order valence-electron chi connectivity index (χ0n) is 17.7. The summed E-state index contributed by atoms with van der Waals surface area (Å²) in [5.41, 5.74) is 5.68. The molecule has 0 saturated heterocycles. The molecule has 6 N–H and O–H groups in total. The fourth-order valence-electron chi connectivity index (χ4n) is 2.23. The van der Waals surface area contributed by atoms with Gasteiger partial charge in [-0.25, -0.2) is 10.9 Å². The van der Waals surface area contributed by atoms with Gasteiger partial charge in [-0.2, -0.15) is 10.2 Å². The molecule has 12 nitrogen and oxygen atoms in total.